The Morgan fingerprint density at radius 2 is 1.54 bits per heavy atom. The molecule has 56 heavy (non-hydrogen) atoms. The molecule has 2 aliphatic heterocycles. The molecule has 0 atom stereocenters. The SMILES string of the molecule is COCc1cn(CCCNC(=O)CCCCCN2/C(=C/C=C/C=C/C3=[N+](C)c4ccc5ccccc5c4C3(C)C)C(C)(C)c3c2ccc2ccccc32)nn1.[Cl-]. The fraction of sp³-hybridized carbons (Fsp3) is 0.362. The average Bonchev–Trinajstić information content (AvgIpc) is 3.78. The maximum atomic E-state index is 12.6. The van der Waals surface area contributed by atoms with Gasteiger partial charge in [-0.15, -0.1) is 5.10 Å². The van der Waals surface area contributed by atoms with Gasteiger partial charge in [0.1, 0.15) is 12.7 Å². The molecule has 1 amide bonds. The van der Waals surface area contributed by atoms with Gasteiger partial charge in [0.15, 0.2) is 5.71 Å². The average molecular weight is 771 g/mol. The smallest absolute Gasteiger partial charge is 0.219 e. The second kappa shape index (κ2) is 17.4. The van der Waals surface area contributed by atoms with Gasteiger partial charge < -0.3 is 27.4 Å². The number of aryl methyl sites for hydroxylation is 1. The highest BCUT2D eigenvalue weighted by atomic mass is 35.5. The Morgan fingerprint density at radius 1 is 0.821 bits per heavy atom. The lowest BCUT2D eigenvalue weighted by Crippen LogP contribution is -3.00. The van der Waals surface area contributed by atoms with E-state index in [9.17, 15) is 4.79 Å². The van der Waals surface area contributed by atoms with Crippen LogP contribution >= 0.6 is 0 Å². The molecule has 1 N–H and O–H groups in total. The van der Waals surface area contributed by atoms with Crippen molar-refractivity contribution in [3.05, 3.63) is 132 Å². The Kier molecular flexibility index (Phi) is 12.6. The highest BCUT2D eigenvalue weighted by Gasteiger charge is 2.44. The summed E-state index contributed by atoms with van der Waals surface area (Å²) in [5, 5.41) is 16.5. The fourth-order valence-corrected chi connectivity index (χ4v) is 8.78. The Morgan fingerprint density at radius 3 is 2.29 bits per heavy atom. The summed E-state index contributed by atoms with van der Waals surface area (Å²) >= 11 is 0. The van der Waals surface area contributed by atoms with Crippen LogP contribution in [0.1, 0.15) is 76.6 Å². The number of ether oxygens (including phenoxy) is 1. The minimum atomic E-state index is -0.174. The normalized spacial score (nSPS) is 16.4. The van der Waals surface area contributed by atoms with Gasteiger partial charge in [-0.2, -0.15) is 4.58 Å². The number of fused-ring (bicyclic) bond motifs is 6. The van der Waals surface area contributed by atoms with Crippen molar-refractivity contribution in [3.63, 3.8) is 0 Å². The number of unbranched alkanes of at least 4 members (excludes halogenated alkanes) is 2. The molecule has 0 spiro atoms. The lowest BCUT2D eigenvalue weighted by Gasteiger charge is -2.27. The number of amides is 1. The summed E-state index contributed by atoms with van der Waals surface area (Å²) in [6.45, 7) is 12.1. The van der Waals surface area contributed by atoms with Gasteiger partial charge in [0, 0.05) is 67.7 Å². The lowest BCUT2D eigenvalue weighted by atomic mass is 9.79. The summed E-state index contributed by atoms with van der Waals surface area (Å²) in [4.78, 5) is 15.1. The number of allylic oxidation sites excluding steroid dienone is 6. The van der Waals surface area contributed by atoms with E-state index < -0.39 is 0 Å². The number of benzene rings is 4. The summed E-state index contributed by atoms with van der Waals surface area (Å²) in [5.41, 5.74) is 8.45. The number of halogens is 1. The van der Waals surface area contributed by atoms with Crippen LogP contribution in [0.4, 0.5) is 11.4 Å². The number of hydrogen-bond acceptors (Lipinski definition) is 5. The number of nitrogens with one attached hydrogen (secondary N) is 1. The molecule has 7 rings (SSSR count). The molecule has 0 fully saturated rings. The first-order valence-electron chi connectivity index (χ1n) is 19.7. The minimum Gasteiger partial charge on any atom is -1.00 e. The molecular weight excluding hydrogens is 716 g/mol. The van der Waals surface area contributed by atoms with Crippen LogP contribution in [-0.4, -0.2) is 58.4 Å². The summed E-state index contributed by atoms with van der Waals surface area (Å²) in [6.07, 6.45) is 17.2. The van der Waals surface area contributed by atoms with E-state index in [1.165, 1.54) is 55.5 Å². The first kappa shape index (κ1) is 40.6. The second-order valence-corrected chi connectivity index (χ2v) is 15.9. The third-order valence-corrected chi connectivity index (χ3v) is 11.4. The molecule has 5 aromatic rings. The van der Waals surface area contributed by atoms with Gasteiger partial charge in [-0.3, -0.25) is 9.48 Å². The Balaban J connectivity index is 0.00000532. The van der Waals surface area contributed by atoms with Crippen LogP contribution in [0.25, 0.3) is 21.5 Å². The molecule has 4 aromatic carbocycles. The van der Waals surface area contributed by atoms with Crippen LogP contribution in [0.5, 0.6) is 0 Å². The van der Waals surface area contributed by atoms with Crippen LogP contribution in [-0.2, 0) is 33.5 Å². The zero-order valence-corrected chi connectivity index (χ0v) is 34.4. The Hall–Kier alpha value is -5.05. The quantitative estimate of drug-likeness (QED) is 0.0769. The maximum Gasteiger partial charge on any atom is 0.219 e. The first-order chi connectivity index (χ1) is 26.6. The highest BCUT2D eigenvalue weighted by molar-refractivity contribution is 6.07. The van der Waals surface area contributed by atoms with Gasteiger partial charge in [-0.1, -0.05) is 98.3 Å². The molecule has 292 valence electrons. The molecule has 2 aliphatic rings. The van der Waals surface area contributed by atoms with Gasteiger partial charge in [0.25, 0.3) is 0 Å². The van der Waals surface area contributed by atoms with Crippen LogP contribution in [0.15, 0.2) is 115 Å². The van der Waals surface area contributed by atoms with Crippen molar-refractivity contribution in [1.29, 1.82) is 0 Å². The van der Waals surface area contributed by atoms with Crippen LogP contribution in [0.3, 0.4) is 0 Å². The van der Waals surface area contributed by atoms with Crippen molar-refractivity contribution in [3.8, 4) is 0 Å². The van der Waals surface area contributed by atoms with Crippen LogP contribution < -0.4 is 22.6 Å². The summed E-state index contributed by atoms with van der Waals surface area (Å²) in [7, 11) is 3.83. The molecule has 0 bridgehead atoms. The molecule has 1 aromatic heterocycles. The largest absolute Gasteiger partial charge is 1.00 e. The zero-order chi connectivity index (χ0) is 38.6. The molecular formula is C47H55ClN6O2. The molecule has 0 radical (unpaired) electrons. The molecule has 0 unspecified atom stereocenters. The number of carbonyl (C=O) groups excluding carboxylic acids is 1. The van der Waals surface area contributed by atoms with Gasteiger partial charge in [0.2, 0.25) is 11.6 Å². The van der Waals surface area contributed by atoms with E-state index in [1.807, 2.05) is 6.20 Å². The Bertz CT molecular complexity index is 2330. The van der Waals surface area contributed by atoms with E-state index in [1.54, 1.807) is 11.8 Å². The van der Waals surface area contributed by atoms with E-state index in [2.05, 4.69) is 163 Å². The van der Waals surface area contributed by atoms with Crippen molar-refractivity contribution in [2.24, 2.45) is 0 Å². The van der Waals surface area contributed by atoms with Crippen LogP contribution in [0.2, 0.25) is 0 Å². The van der Waals surface area contributed by atoms with E-state index >= 15 is 0 Å². The lowest BCUT2D eigenvalue weighted by molar-refractivity contribution is -0.401. The summed E-state index contributed by atoms with van der Waals surface area (Å²) in [6, 6.07) is 26.5. The maximum absolute atomic E-state index is 12.6. The van der Waals surface area contributed by atoms with Gasteiger partial charge >= 0.3 is 0 Å². The molecule has 0 saturated carbocycles. The molecule has 8 nitrogen and oxygen atoms in total. The number of rotatable bonds is 15. The summed E-state index contributed by atoms with van der Waals surface area (Å²) in [5.74, 6) is 0.110. The first-order valence-corrected chi connectivity index (χ1v) is 19.7. The number of hydrogen-bond donors (Lipinski definition) is 1. The van der Waals surface area contributed by atoms with E-state index in [0.29, 0.717) is 26.1 Å². The Labute approximate surface area is 338 Å². The summed E-state index contributed by atoms with van der Waals surface area (Å²) < 4.78 is 9.25. The standard InChI is InChI=1S/C47H54N6O2.ClH/c1-46(2)41(51(5)39-27-25-34-18-12-14-20-37(34)44(39)46)22-9-7-10-23-42-47(3,4)45-38-21-15-13-19-35(38)26-28-40(45)53(42)31-16-8-11-24-43(54)48-29-17-30-52-32-36(33-55-6)49-50-52;/h7,9-10,12-15,18-23,25-28,32H,8,11,16-17,24,29-31,33H2,1-6H3;1H. The van der Waals surface area contributed by atoms with Gasteiger partial charge in [-0.25, -0.2) is 0 Å². The monoisotopic (exact) mass is 770 g/mol. The van der Waals surface area contributed by atoms with Gasteiger partial charge in [-0.05, 0) is 78.4 Å². The number of nitrogens with zero attached hydrogens (tertiary/aromatic N) is 5. The number of anilines is 1. The second-order valence-electron chi connectivity index (χ2n) is 15.9. The fourth-order valence-electron chi connectivity index (χ4n) is 8.78. The van der Waals surface area contributed by atoms with Gasteiger partial charge in [0.05, 0.1) is 18.2 Å². The zero-order valence-electron chi connectivity index (χ0n) is 33.7. The third kappa shape index (κ3) is 8.09. The van der Waals surface area contributed by atoms with Crippen molar-refractivity contribution < 1.29 is 26.5 Å². The number of methoxy groups -OCH3 is 1. The van der Waals surface area contributed by atoms with Crippen molar-refractivity contribution in [1.82, 2.24) is 20.3 Å². The number of carbonyl (C=O) groups is 1. The van der Waals surface area contributed by atoms with E-state index in [0.717, 1.165) is 37.9 Å². The topological polar surface area (TPSA) is 75.3 Å². The van der Waals surface area contributed by atoms with E-state index in [-0.39, 0.29) is 29.1 Å². The minimum absolute atomic E-state index is 0. The molecule has 0 aliphatic carbocycles. The van der Waals surface area contributed by atoms with Crippen molar-refractivity contribution in [2.75, 3.05) is 32.1 Å². The molecule has 3 heterocycles. The third-order valence-electron chi connectivity index (χ3n) is 11.4. The predicted molar refractivity (Wildman–Crippen MR) is 225 cm³/mol. The van der Waals surface area contributed by atoms with Crippen LogP contribution in [0, 0.1) is 0 Å². The predicted octanol–water partition coefficient (Wildman–Crippen LogP) is 6.30. The highest BCUT2D eigenvalue weighted by Crippen LogP contribution is 2.51. The van der Waals surface area contributed by atoms with Crippen molar-refractivity contribution in [2.45, 2.75) is 83.8 Å². The van der Waals surface area contributed by atoms with Crippen molar-refractivity contribution >= 4 is 44.5 Å². The molecule has 9 heteroatoms. The van der Waals surface area contributed by atoms with E-state index in [4.69, 9.17) is 4.74 Å². The number of aromatic nitrogens is 3. The molecule has 0 saturated heterocycles.